The smallest absolute Gasteiger partial charge is 0.234 e. The van der Waals surface area contributed by atoms with Gasteiger partial charge in [-0.05, 0) is 36.8 Å². The molecule has 1 atom stereocenters. The number of hydrogen-bond acceptors (Lipinski definition) is 4. The molecule has 4 rings (SSSR count). The number of nitrogens with zero attached hydrogens (tertiary/aromatic N) is 1. The van der Waals surface area contributed by atoms with Gasteiger partial charge in [0, 0.05) is 27.8 Å². The molecule has 0 aliphatic carbocycles. The maximum atomic E-state index is 13.5. The number of nitrogens with one attached hydrogen (secondary N) is 1. The Bertz CT molecular complexity index is 1260. The number of benzene rings is 3. The Morgan fingerprint density at radius 2 is 1.82 bits per heavy atom. The van der Waals surface area contributed by atoms with Crippen molar-refractivity contribution >= 4 is 23.4 Å². The Labute approximate surface area is 195 Å². The van der Waals surface area contributed by atoms with Crippen LogP contribution in [0.2, 0.25) is 5.02 Å². The molecule has 5 nitrogen and oxygen atoms in total. The lowest BCUT2D eigenvalue weighted by Crippen LogP contribution is -2.21. The molecule has 1 aromatic heterocycles. The second kappa shape index (κ2) is 9.88. The predicted octanol–water partition coefficient (Wildman–Crippen LogP) is 7.03. The molecule has 7 heteroatoms. The fraction of sp³-hybridized carbons (Fsp3) is 0.154. The van der Waals surface area contributed by atoms with Crippen LogP contribution in [0.5, 0.6) is 5.75 Å². The molecule has 1 heterocycles. The molecule has 4 aromatic rings. The van der Waals surface area contributed by atoms with Crippen molar-refractivity contribution in [3.63, 3.8) is 0 Å². The molecular formula is C26H22ClFN2O3. The molecule has 0 saturated carbocycles. The molecule has 0 fully saturated rings. The van der Waals surface area contributed by atoms with Gasteiger partial charge in [0.25, 0.3) is 0 Å². The SMILES string of the molecule is CCCC(C(=O)Nc1oc(-c2ccccc2)nc1-c1ccc(Cl)cc1)c1ccc(F)cc1O. The normalized spacial score (nSPS) is 11.8. The molecule has 0 saturated heterocycles. The van der Waals surface area contributed by atoms with Crippen molar-refractivity contribution in [3.05, 3.63) is 89.2 Å². The molecular weight excluding hydrogens is 443 g/mol. The summed E-state index contributed by atoms with van der Waals surface area (Å²) < 4.78 is 19.5. The zero-order valence-corrected chi connectivity index (χ0v) is 18.6. The van der Waals surface area contributed by atoms with E-state index >= 15 is 0 Å². The van der Waals surface area contributed by atoms with E-state index in [-0.39, 0.29) is 17.5 Å². The van der Waals surface area contributed by atoms with Gasteiger partial charge in [-0.2, -0.15) is 0 Å². The first kappa shape index (κ1) is 22.6. The summed E-state index contributed by atoms with van der Waals surface area (Å²) in [6.45, 7) is 1.93. The third kappa shape index (κ3) is 5.07. The highest BCUT2D eigenvalue weighted by atomic mass is 35.5. The van der Waals surface area contributed by atoms with Crippen LogP contribution in [0.15, 0.2) is 77.2 Å². The van der Waals surface area contributed by atoms with E-state index < -0.39 is 11.7 Å². The highest BCUT2D eigenvalue weighted by Gasteiger charge is 2.26. The molecule has 1 unspecified atom stereocenters. The third-order valence-electron chi connectivity index (χ3n) is 5.26. The minimum absolute atomic E-state index is 0.184. The standard InChI is InChI=1S/C26H22ClFN2O3/c1-2-6-21(20-14-13-19(28)15-22(20)31)24(32)30-26-23(16-9-11-18(27)12-10-16)29-25(33-26)17-7-4-3-5-8-17/h3-5,7-15,21,31H,2,6H2,1H3,(H,30,32). The second-order valence-electron chi connectivity index (χ2n) is 7.60. The van der Waals surface area contributed by atoms with Crippen molar-refractivity contribution in [2.45, 2.75) is 25.7 Å². The number of aromatic nitrogens is 1. The number of halogens is 2. The quantitative estimate of drug-likeness (QED) is 0.308. The van der Waals surface area contributed by atoms with Gasteiger partial charge in [-0.15, -0.1) is 0 Å². The van der Waals surface area contributed by atoms with E-state index in [0.29, 0.717) is 35.0 Å². The van der Waals surface area contributed by atoms with Crippen molar-refractivity contribution in [3.8, 4) is 28.5 Å². The van der Waals surface area contributed by atoms with Gasteiger partial charge in [-0.25, -0.2) is 9.37 Å². The summed E-state index contributed by atoms with van der Waals surface area (Å²) in [7, 11) is 0. The van der Waals surface area contributed by atoms with Crippen LogP contribution in [0.3, 0.4) is 0 Å². The van der Waals surface area contributed by atoms with Crippen molar-refractivity contribution in [2.24, 2.45) is 0 Å². The van der Waals surface area contributed by atoms with Crippen LogP contribution in [0.25, 0.3) is 22.7 Å². The fourth-order valence-corrected chi connectivity index (χ4v) is 3.77. The summed E-state index contributed by atoms with van der Waals surface area (Å²) in [5, 5.41) is 13.7. The number of aromatic hydroxyl groups is 1. The highest BCUT2D eigenvalue weighted by Crippen LogP contribution is 2.36. The van der Waals surface area contributed by atoms with E-state index in [1.54, 1.807) is 24.3 Å². The first-order chi connectivity index (χ1) is 16.0. The highest BCUT2D eigenvalue weighted by molar-refractivity contribution is 6.30. The van der Waals surface area contributed by atoms with Gasteiger partial charge >= 0.3 is 0 Å². The summed E-state index contributed by atoms with van der Waals surface area (Å²) in [5.74, 6) is -1.37. The van der Waals surface area contributed by atoms with Gasteiger partial charge in [0.1, 0.15) is 17.3 Å². The van der Waals surface area contributed by atoms with Crippen LogP contribution in [0.1, 0.15) is 31.2 Å². The van der Waals surface area contributed by atoms with E-state index in [0.717, 1.165) is 17.2 Å². The first-order valence-corrected chi connectivity index (χ1v) is 11.0. The molecule has 1 amide bonds. The van der Waals surface area contributed by atoms with Crippen LogP contribution in [-0.2, 0) is 4.79 Å². The largest absolute Gasteiger partial charge is 0.508 e. The van der Waals surface area contributed by atoms with Gasteiger partial charge in [-0.1, -0.05) is 61.3 Å². The van der Waals surface area contributed by atoms with E-state index in [1.165, 1.54) is 12.1 Å². The van der Waals surface area contributed by atoms with Crippen molar-refractivity contribution in [1.29, 1.82) is 0 Å². The number of rotatable bonds is 7. The Morgan fingerprint density at radius 3 is 2.48 bits per heavy atom. The van der Waals surface area contributed by atoms with Gasteiger partial charge in [0.2, 0.25) is 17.7 Å². The lowest BCUT2D eigenvalue weighted by molar-refractivity contribution is -0.117. The Kier molecular flexibility index (Phi) is 6.75. The van der Waals surface area contributed by atoms with Crippen LogP contribution >= 0.6 is 11.6 Å². The summed E-state index contributed by atoms with van der Waals surface area (Å²) in [4.78, 5) is 17.9. The average Bonchev–Trinajstić information content (AvgIpc) is 3.23. The lowest BCUT2D eigenvalue weighted by atomic mass is 9.92. The summed E-state index contributed by atoms with van der Waals surface area (Å²) in [6, 6.07) is 20.1. The van der Waals surface area contributed by atoms with E-state index in [1.807, 2.05) is 37.3 Å². The molecule has 33 heavy (non-hydrogen) atoms. The van der Waals surface area contributed by atoms with Gasteiger partial charge in [-0.3, -0.25) is 10.1 Å². The zero-order chi connectivity index (χ0) is 23.4. The number of hydrogen-bond donors (Lipinski definition) is 2. The number of anilines is 1. The van der Waals surface area contributed by atoms with E-state index in [2.05, 4.69) is 10.3 Å². The maximum absolute atomic E-state index is 13.5. The minimum Gasteiger partial charge on any atom is -0.508 e. The monoisotopic (exact) mass is 464 g/mol. The van der Waals surface area contributed by atoms with Crippen LogP contribution in [0, 0.1) is 5.82 Å². The topological polar surface area (TPSA) is 75.4 Å². The lowest BCUT2D eigenvalue weighted by Gasteiger charge is -2.17. The number of carbonyl (C=O) groups excluding carboxylic acids is 1. The van der Waals surface area contributed by atoms with Crippen molar-refractivity contribution in [1.82, 2.24) is 4.98 Å². The molecule has 0 radical (unpaired) electrons. The Balaban J connectivity index is 1.72. The van der Waals surface area contributed by atoms with Crippen molar-refractivity contribution < 1.29 is 18.7 Å². The second-order valence-corrected chi connectivity index (χ2v) is 8.04. The van der Waals surface area contributed by atoms with Crippen LogP contribution in [-0.4, -0.2) is 16.0 Å². The molecule has 168 valence electrons. The van der Waals surface area contributed by atoms with Gasteiger partial charge in [0.15, 0.2) is 0 Å². The fourth-order valence-electron chi connectivity index (χ4n) is 3.64. The van der Waals surface area contributed by atoms with Crippen LogP contribution in [0.4, 0.5) is 10.3 Å². The van der Waals surface area contributed by atoms with Crippen LogP contribution < -0.4 is 5.32 Å². The summed E-state index contributed by atoms with van der Waals surface area (Å²) in [5.41, 5.74) is 2.29. The number of amides is 1. The predicted molar refractivity (Wildman–Crippen MR) is 127 cm³/mol. The van der Waals surface area contributed by atoms with E-state index in [4.69, 9.17) is 16.0 Å². The average molecular weight is 465 g/mol. The molecule has 0 aliphatic heterocycles. The molecule has 0 bridgehead atoms. The summed E-state index contributed by atoms with van der Waals surface area (Å²) in [6.07, 6.45) is 1.14. The molecule has 0 spiro atoms. The maximum Gasteiger partial charge on any atom is 0.234 e. The zero-order valence-electron chi connectivity index (χ0n) is 17.9. The van der Waals surface area contributed by atoms with Crippen molar-refractivity contribution in [2.75, 3.05) is 5.32 Å². The van der Waals surface area contributed by atoms with E-state index in [9.17, 15) is 14.3 Å². The number of phenolic OH excluding ortho intramolecular Hbond substituents is 1. The number of carbonyl (C=O) groups is 1. The first-order valence-electron chi connectivity index (χ1n) is 10.6. The number of phenols is 1. The minimum atomic E-state index is -0.695. The Hall–Kier alpha value is -3.64. The number of oxazole rings is 1. The third-order valence-corrected chi connectivity index (χ3v) is 5.52. The summed E-state index contributed by atoms with van der Waals surface area (Å²) >= 11 is 6.03. The molecule has 2 N–H and O–H groups in total. The molecule has 3 aromatic carbocycles. The van der Waals surface area contributed by atoms with Gasteiger partial charge in [0.05, 0.1) is 5.92 Å². The molecule has 0 aliphatic rings. The Morgan fingerprint density at radius 1 is 1.09 bits per heavy atom. The van der Waals surface area contributed by atoms with Gasteiger partial charge < -0.3 is 9.52 Å².